The molecule has 4 heterocycles. The largest absolute Gasteiger partial charge is 0.368 e. The molecule has 29 heavy (non-hydrogen) atoms. The molecule has 3 N–H and O–H groups in total. The van der Waals surface area contributed by atoms with Crippen LogP contribution in [0.25, 0.3) is 0 Å². The van der Waals surface area contributed by atoms with Crippen LogP contribution in [0.4, 0.5) is 0 Å². The maximum absolute atomic E-state index is 12.3. The van der Waals surface area contributed by atoms with Crippen LogP contribution in [0.15, 0.2) is 18.7 Å². The van der Waals surface area contributed by atoms with Gasteiger partial charge in [-0.25, -0.2) is 9.67 Å². The number of aliphatic hydroxyl groups is 1. The van der Waals surface area contributed by atoms with Crippen LogP contribution in [-0.4, -0.2) is 67.1 Å². The van der Waals surface area contributed by atoms with Gasteiger partial charge in [0.05, 0.1) is 31.4 Å². The fourth-order valence-electron chi connectivity index (χ4n) is 4.74. The van der Waals surface area contributed by atoms with Crippen LogP contribution in [0.2, 0.25) is 0 Å². The SMILES string of the molecule is O=C(N[C@H]1CO[C@@H]2[C@@H](n3cc(CC4CCCCC4)nn3)CO[C@]12O)c1cnc[nH]1. The Morgan fingerprint density at radius 2 is 2.21 bits per heavy atom. The quantitative estimate of drug-likeness (QED) is 0.668. The molecule has 0 unspecified atom stereocenters. The lowest BCUT2D eigenvalue weighted by atomic mass is 9.86. The standard InChI is InChI=1S/C19H26N6O4/c26-18(14-7-20-11-21-14)22-16-10-28-17-15(9-29-19(16,17)27)25-8-13(23-24-25)6-12-4-2-1-3-5-12/h7-8,11-12,15-17,27H,1-6,9-10H2,(H,20,21)(H,22,26)/t15-,16-,17+,19+/m0/s1. The number of carbonyl (C=O) groups is 1. The molecule has 156 valence electrons. The van der Waals surface area contributed by atoms with Gasteiger partial charge in [-0.2, -0.15) is 0 Å². The van der Waals surface area contributed by atoms with Crippen LogP contribution in [-0.2, 0) is 15.9 Å². The summed E-state index contributed by atoms with van der Waals surface area (Å²) in [7, 11) is 0. The van der Waals surface area contributed by atoms with E-state index in [4.69, 9.17) is 9.47 Å². The molecule has 0 bridgehead atoms. The van der Waals surface area contributed by atoms with E-state index in [9.17, 15) is 9.90 Å². The highest BCUT2D eigenvalue weighted by Gasteiger charge is 2.60. The molecule has 1 aliphatic carbocycles. The molecular formula is C19H26N6O4. The van der Waals surface area contributed by atoms with Crippen LogP contribution >= 0.6 is 0 Å². The highest BCUT2D eigenvalue weighted by atomic mass is 16.7. The van der Waals surface area contributed by atoms with Gasteiger partial charge in [0.2, 0.25) is 5.79 Å². The van der Waals surface area contributed by atoms with Gasteiger partial charge in [-0.15, -0.1) is 5.10 Å². The van der Waals surface area contributed by atoms with E-state index >= 15 is 0 Å². The number of hydrogen-bond donors (Lipinski definition) is 3. The van der Waals surface area contributed by atoms with E-state index in [0.29, 0.717) is 11.6 Å². The normalized spacial score (nSPS) is 32.4. The summed E-state index contributed by atoms with van der Waals surface area (Å²) in [6, 6.07) is -0.972. The highest BCUT2D eigenvalue weighted by molar-refractivity contribution is 5.92. The molecule has 2 aliphatic heterocycles. The van der Waals surface area contributed by atoms with E-state index in [1.54, 1.807) is 4.68 Å². The molecular weight excluding hydrogens is 376 g/mol. The van der Waals surface area contributed by atoms with Crippen LogP contribution in [0.3, 0.4) is 0 Å². The van der Waals surface area contributed by atoms with E-state index in [1.165, 1.54) is 44.6 Å². The van der Waals surface area contributed by atoms with Gasteiger partial charge in [-0.05, 0) is 12.3 Å². The molecule has 2 saturated heterocycles. The van der Waals surface area contributed by atoms with Crippen molar-refractivity contribution in [2.24, 2.45) is 5.92 Å². The maximum atomic E-state index is 12.3. The Labute approximate surface area is 168 Å². The molecule has 4 atom stereocenters. The number of H-pyrrole nitrogens is 1. The second-order valence-electron chi connectivity index (χ2n) is 8.27. The average molecular weight is 402 g/mol. The predicted octanol–water partition coefficient (Wildman–Crippen LogP) is 0.581. The van der Waals surface area contributed by atoms with Crippen molar-refractivity contribution >= 4 is 5.91 Å². The molecule has 0 radical (unpaired) electrons. The Morgan fingerprint density at radius 1 is 1.34 bits per heavy atom. The van der Waals surface area contributed by atoms with Crippen LogP contribution < -0.4 is 5.32 Å². The van der Waals surface area contributed by atoms with E-state index in [0.717, 1.165) is 12.1 Å². The lowest BCUT2D eigenvalue weighted by molar-refractivity contribution is -0.194. The summed E-state index contributed by atoms with van der Waals surface area (Å²) < 4.78 is 13.3. The van der Waals surface area contributed by atoms with Crippen molar-refractivity contribution in [3.63, 3.8) is 0 Å². The fourth-order valence-corrected chi connectivity index (χ4v) is 4.74. The highest BCUT2D eigenvalue weighted by Crippen LogP contribution is 2.41. The second-order valence-corrected chi connectivity index (χ2v) is 8.27. The summed E-state index contributed by atoms with van der Waals surface area (Å²) in [6.45, 7) is 0.394. The molecule has 1 amide bonds. The maximum Gasteiger partial charge on any atom is 0.269 e. The molecule has 5 rings (SSSR count). The van der Waals surface area contributed by atoms with Crippen molar-refractivity contribution in [1.29, 1.82) is 0 Å². The number of hydrogen-bond acceptors (Lipinski definition) is 7. The molecule has 2 aromatic rings. The molecule has 0 aromatic carbocycles. The van der Waals surface area contributed by atoms with E-state index in [2.05, 4.69) is 25.6 Å². The van der Waals surface area contributed by atoms with Crippen molar-refractivity contribution in [3.8, 4) is 0 Å². The third-order valence-corrected chi connectivity index (χ3v) is 6.35. The van der Waals surface area contributed by atoms with Crippen LogP contribution in [0.5, 0.6) is 0 Å². The van der Waals surface area contributed by atoms with E-state index in [-0.39, 0.29) is 25.2 Å². The summed E-state index contributed by atoms with van der Waals surface area (Å²) >= 11 is 0. The van der Waals surface area contributed by atoms with Gasteiger partial charge in [0.1, 0.15) is 23.9 Å². The average Bonchev–Trinajstić information content (AvgIpc) is 3.49. The summed E-state index contributed by atoms with van der Waals surface area (Å²) in [6.07, 6.45) is 11.5. The van der Waals surface area contributed by atoms with Gasteiger partial charge in [-0.1, -0.05) is 37.3 Å². The first-order valence-electron chi connectivity index (χ1n) is 10.3. The lowest BCUT2D eigenvalue weighted by Crippen LogP contribution is -2.54. The summed E-state index contributed by atoms with van der Waals surface area (Å²) in [5.41, 5.74) is 1.28. The number of aromatic nitrogens is 5. The second kappa shape index (κ2) is 7.51. The van der Waals surface area contributed by atoms with E-state index < -0.39 is 17.9 Å². The number of nitrogens with zero attached hydrogens (tertiary/aromatic N) is 4. The number of carbonyl (C=O) groups excluding carboxylic acids is 1. The molecule has 3 aliphatic rings. The molecule has 1 saturated carbocycles. The Balaban J connectivity index is 1.25. The van der Waals surface area contributed by atoms with Crippen molar-refractivity contribution in [2.45, 2.75) is 62.5 Å². The first-order valence-corrected chi connectivity index (χ1v) is 10.3. The number of amides is 1. The Hall–Kier alpha value is -2.30. The molecule has 10 nitrogen and oxygen atoms in total. The van der Waals surface area contributed by atoms with Crippen LogP contribution in [0, 0.1) is 5.92 Å². The number of ether oxygens (including phenoxy) is 2. The van der Waals surface area contributed by atoms with Gasteiger partial charge in [0, 0.05) is 6.20 Å². The zero-order valence-electron chi connectivity index (χ0n) is 16.2. The van der Waals surface area contributed by atoms with Crippen molar-refractivity contribution in [3.05, 3.63) is 30.1 Å². The van der Waals surface area contributed by atoms with Crippen molar-refractivity contribution < 1.29 is 19.4 Å². The minimum Gasteiger partial charge on any atom is -0.368 e. The predicted molar refractivity (Wildman–Crippen MR) is 99.8 cm³/mol. The Kier molecular flexibility index (Phi) is 4.84. The number of nitrogens with one attached hydrogen (secondary N) is 2. The third-order valence-electron chi connectivity index (χ3n) is 6.35. The molecule has 0 spiro atoms. The number of aromatic amines is 1. The van der Waals surface area contributed by atoms with Gasteiger partial charge in [0.15, 0.2) is 0 Å². The Morgan fingerprint density at radius 3 is 3.00 bits per heavy atom. The van der Waals surface area contributed by atoms with Gasteiger partial charge < -0.3 is 24.9 Å². The van der Waals surface area contributed by atoms with E-state index in [1.807, 2.05) is 6.20 Å². The number of fused-ring (bicyclic) bond motifs is 1. The zero-order chi connectivity index (χ0) is 19.8. The van der Waals surface area contributed by atoms with Crippen LogP contribution in [0.1, 0.15) is 54.3 Å². The van der Waals surface area contributed by atoms with Crippen molar-refractivity contribution in [2.75, 3.05) is 13.2 Å². The lowest BCUT2D eigenvalue weighted by Gasteiger charge is -2.27. The smallest absolute Gasteiger partial charge is 0.269 e. The van der Waals surface area contributed by atoms with Crippen molar-refractivity contribution in [1.82, 2.24) is 30.3 Å². The third kappa shape index (κ3) is 3.45. The first-order chi connectivity index (χ1) is 14.1. The first kappa shape index (κ1) is 18.7. The van der Waals surface area contributed by atoms with Gasteiger partial charge in [0.25, 0.3) is 5.91 Å². The monoisotopic (exact) mass is 402 g/mol. The van der Waals surface area contributed by atoms with Gasteiger partial charge >= 0.3 is 0 Å². The fraction of sp³-hybridized carbons (Fsp3) is 0.684. The minimum absolute atomic E-state index is 0.154. The summed E-state index contributed by atoms with van der Waals surface area (Å²) in [4.78, 5) is 18.9. The number of imidazole rings is 1. The zero-order valence-corrected chi connectivity index (χ0v) is 16.2. The Bertz CT molecular complexity index is 849. The number of rotatable bonds is 5. The summed E-state index contributed by atoms with van der Waals surface area (Å²) in [5.74, 6) is -1.29. The topological polar surface area (TPSA) is 127 Å². The molecule has 2 aromatic heterocycles. The van der Waals surface area contributed by atoms with Gasteiger partial charge in [-0.3, -0.25) is 4.79 Å². The summed E-state index contributed by atoms with van der Waals surface area (Å²) in [5, 5.41) is 22.5. The molecule has 3 fully saturated rings. The molecule has 10 heteroatoms. The minimum atomic E-state index is -1.60.